The third-order valence-corrected chi connectivity index (χ3v) is 3.62. The average Bonchev–Trinajstić information content (AvgIpc) is 2.38. The van der Waals surface area contributed by atoms with Crippen LogP contribution in [-0.2, 0) is 16.6 Å². The molecule has 20 heavy (non-hydrogen) atoms. The van der Waals surface area contributed by atoms with Crippen LogP contribution in [-0.4, -0.2) is 16.4 Å². The molecule has 2 rings (SSSR count). The minimum Gasteiger partial charge on any atom is -0.322 e. The van der Waals surface area contributed by atoms with E-state index in [1.807, 2.05) is 18.2 Å². The molecule has 0 bridgehead atoms. The second kappa shape index (κ2) is 6.68. The van der Waals surface area contributed by atoms with Crippen molar-refractivity contribution in [1.82, 2.24) is 0 Å². The Hall–Kier alpha value is -1.65. The number of amides is 1. The van der Waals surface area contributed by atoms with Crippen LogP contribution in [0.1, 0.15) is 15.9 Å². The molecule has 2 aromatic rings. The Labute approximate surface area is 125 Å². The van der Waals surface area contributed by atoms with Gasteiger partial charge in [-0.1, -0.05) is 29.8 Å². The van der Waals surface area contributed by atoms with Crippen LogP contribution in [0.3, 0.4) is 0 Å². The summed E-state index contributed by atoms with van der Waals surface area (Å²) in [6.07, 6.45) is 1.65. The van der Waals surface area contributed by atoms with Gasteiger partial charge in [0.15, 0.2) is 0 Å². The molecular formula is C15H14ClNO2S. The third-order valence-electron chi connectivity index (χ3n) is 2.64. The highest BCUT2D eigenvalue weighted by molar-refractivity contribution is 7.83. The fourth-order valence-electron chi connectivity index (χ4n) is 1.81. The Kier molecular flexibility index (Phi) is 4.93. The Balaban J connectivity index is 2.13. The van der Waals surface area contributed by atoms with Gasteiger partial charge in [0, 0.05) is 39.1 Å². The summed E-state index contributed by atoms with van der Waals surface area (Å²) in [6, 6.07) is 14.1. The molecular weight excluding hydrogens is 294 g/mol. The van der Waals surface area contributed by atoms with E-state index in [2.05, 4.69) is 5.32 Å². The molecule has 0 heterocycles. The molecule has 1 N–H and O–H groups in total. The zero-order chi connectivity index (χ0) is 14.5. The number of carbonyl (C=O) groups is 1. The predicted octanol–water partition coefficient (Wildman–Crippen LogP) is 3.47. The van der Waals surface area contributed by atoms with Crippen LogP contribution in [0.4, 0.5) is 5.69 Å². The maximum absolute atomic E-state index is 12.1. The Morgan fingerprint density at radius 3 is 2.65 bits per heavy atom. The molecule has 3 nitrogen and oxygen atoms in total. The smallest absolute Gasteiger partial charge is 0.255 e. The largest absolute Gasteiger partial charge is 0.322 e. The lowest BCUT2D eigenvalue weighted by atomic mass is 10.2. The topological polar surface area (TPSA) is 46.2 Å². The fourth-order valence-corrected chi connectivity index (χ4v) is 2.65. The van der Waals surface area contributed by atoms with Gasteiger partial charge in [0.05, 0.1) is 0 Å². The summed E-state index contributed by atoms with van der Waals surface area (Å²) in [6.45, 7) is 0. The van der Waals surface area contributed by atoms with Gasteiger partial charge >= 0.3 is 0 Å². The lowest BCUT2D eigenvalue weighted by Gasteiger charge is -2.07. The molecule has 0 aliphatic rings. The molecule has 0 aliphatic heterocycles. The summed E-state index contributed by atoms with van der Waals surface area (Å²) in [5.41, 5.74) is 2.11. The van der Waals surface area contributed by atoms with Crippen LogP contribution in [0.5, 0.6) is 0 Å². The number of carbonyl (C=O) groups excluding carboxylic acids is 1. The van der Waals surface area contributed by atoms with Gasteiger partial charge in [-0.2, -0.15) is 0 Å². The van der Waals surface area contributed by atoms with Gasteiger partial charge < -0.3 is 5.32 Å². The first-order chi connectivity index (χ1) is 9.54. The highest BCUT2D eigenvalue weighted by Gasteiger charge is 2.07. The van der Waals surface area contributed by atoms with Crippen molar-refractivity contribution < 1.29 is 9.00 Å². The molecule has 0 saturated carbocycles. The summed E-state index contributed by atoms with van der Waals surface area (Å²) < 4.78 is 11.2. The van der Waals surface area contributed by atoms with Gasteiger partial charge in [0.1, 0.15) is 0 Å². The van der Waals surface area contributed by atoms with Crippen molar-refractivity contribution in [1.29, 1.82) is 0 Å². The summed E-state index contributed by atoms with van der Waals surface area (Å²) in [7, 11) is -0.907. The van der Waals surface area contributed by atoms with E-state index in [1.54, 1.807) is 36.6 Å². The van der Waals surface area contributed by atoms with E-state index in [0.717, 1.165) is 5.56 Å². The number of halogens is 1. The van der Waals surface area contributed by atoms with E-state index in [9.17, 15) is 9.00 Å². The molecule has 0 spiro atoms. The maximum atomic E-state index is 12.1. The molecule has 104 valence electrons. The van der Waals surface area contributed by atoms with Crippen LogP contribution >= 0.6 is 11.6 Å². The summed E-state index contributed by atoms with van der Waals surface area (Å²) in [5, 5.41) is 3.32. The zero-order valence-corrected chi connectivity index (χ0v) is 12.5. The molecule has 0 fully saturated rings. The van der Waals surface area contributed by atoms with Crippen molar-refractivity contribution in [2.45, 2.75) is 5.75 Å². The molecule has 5 heteroatoms. The van der Waals surface area contributed by atoms with E-state index in [-0.39, 0.29) is 5.91 Å². The Morgan fingerprint density at radius 1 is 1.20 bits per heavy atom. The van der Waals surface area contributed by atoms with E-state index < -0.39 is 10.8 Å². The monoisotopic (exact) mass is 307 g/mol. The van der Waals surface area contributed by atoms with Crippen LogP contribution < -0.4 is 5.32 Å². The molecule has 0 saturated heterocycles. The third kappa shape index (κ3) is 4.18. The first-order valence-electron chi connectivity index (χ1n) is 6.00. The van der Waals surface area contributed by atoms with Crippen molar-refractivity contribution in [2.24, 2.45) is 0 Å². The Morgan fingerprint density at radius 2 is 1.95 bits per heavy atom. The lowest BCUT2D eigenvalue weighted by Crippen LogP contribution is -2.12. The SMILES string of the molecule is CS(=O)Cc1cccc(NC(=O)c2cccc(Cl)c2)c1. The highest BCUT2D eigenvalue weighted by atomic mass is 35.5. The molecule has 1 amide bonds. The van der Waals surface area contributed by atoms with Gasteiger partial charge in [-0.05, 0) is 35.9 Å². The molecule has 1 unspecified atom stereocenters. The van der Waals surface area contributed by atoms with E-state index in [1.165, 1.54) is 0 Å². The Bertz CT molecular complexity index is 658. The number of nitrogens with one attached hydrogen (secondary N) is 1. The van der Waals surface area contributed by atoms with Gasteiger partial charge in [-0.15, -0.1) is 0 Å². The van der Waals surface area contributed by atoms with Crippen LogP contribution in [0.15, 0.2) is 48.5 Å². The van der Waals surface area contributed by atoms with Gasteiger partial charge in [-0.3, -0.25) is 9.00 Å². The first-order valence-corrected chi connectivity index (χ1v) is 8.11. The summed E-state index contributed by atoms with van der Waals surface area (Å²) in [4.78, 5) is 12.1. The van der Waals surface area contributed by atoms with Crippen molar-refractivity contribution in [3.8, 4) is 0 Å². The number of benzene rings is 2. The summed E-state index contributed by atoms with van der Waals surface area (Å²) in [5.74, 6) is 0.253. The number of rotatable bonds is 4. The number of anilines is 1. The standard InChI is InChI=1S/C15H14ClNO2S/c1-20(19)10-11-4-2-7-14(8-11)17-15(18)12-5-3-6-13(16)9-12/h2-9H,10H2,1H3,(H,17,18). The van der Waals surface area contributed by atoms with Crippen molar-refractivity contribution >= 4 is 34.0 Å². The molecule has 0 radical (unpaired) electrons. The van der Waals surface area contributed by atoms with Gasteiger partial charge in [-0.25, -0.2) is 0 Å². The van der Waals surface area contributed by atoms with Crippen LogP contribution in [0.2, 0.25) is 5.02 Å². The molecule has 0 aromatic heterocycles. The summed E-state index contributed by atoms with van der Waals surface area (Å²) >= 11 is 5.86. The van der Waals surface area contributed by atoms with Crippen molar-refractivity contribution in [3.63, 3.8) is 0 Å². The lowest BCUT2D eigenvalue weighted by molar-refractivity contribution is 0.102. The quantitative estimate of drug-likeness (QED) is 0.940. The minimum absolute atomic E-state index is 0.220. The molecule has 0 aliphatic carbocycles. The van der Waals surface area contributed by atoms with E-state index in [4.69, 9.17) is 11.6 Å². The van der Waals surface area contributed by atoms with E-state index in [0.29, 0.717) is 22.0 Å². The zero-order valence-electron chi connectivity index (χ0n) is 10.9. The predicted molar refractivity (Wildman–Crippen MR) is 83.6 cm³/mol. The average molecular weight is 308 g/mol. The second-order valence-electron chi connectivity index (χ2n) is 4.38. The highest BCUT2D eigenvalue weighted by Crippen LogP contribution is 2.15. The number of hydrogen-bond donors (Lipinski definition) is 1. The second-order valence-corrected chi connectivity index (χ2v) is 6.25. The maximum Gasteiger partial charge on any atom is 0.255 e. The van der Waals surface area contributed by atoms with Gasteiger partial charge in [0.25, 0.3) is 5.91 Å². The van der Waals surface area contributed by atoms with Crippen molar-refractivity contribution in [2.75, 3.05) is 11.6 Å². The van der Waals surface area contributed by atoms with E-state index >= 15 is 0 Å². The number of hydrogen-bond acceptors (Lipinski definition) is 2. The minimum atomic E-state index is -0.907. The first kappa shape index (κ1) is 14.8. The molecule has 2 aromatic carbocycles. The van der Waals surface area contributed by atoms with Crippen LogP contribution in [0, 0.1) is 0 Å². The van der Waals surface area contributed by atoms with Gasteiger partial charge in [0.2, 0.25) is 0 Å². The molecule has 1 atom stereocenters. The van der Waals surface area contributed by atoms with Crippen LogP contribution in [0.25, 0.3) is 0 Å². The van der Waals surface area contributed by atoms with Crippen molar-refractivity contribution in [3.05, 3.63) is 64.7 Å². The normalized spacial score (nSPS) is 11.9. The fraction of sp³-hybridized carbons (Fsp3) is 0.133.